The minimum absolute atomic E-state index is 0.0846. The maximum atomic E-state index is 13.2. The molecule has 0 saturated heterocycles. The quantitative estimate of drug-likeness (QED) is 0.0169. The van der Waals surface area contributed by atoms with Gasteiger partial charge in [0.2, 0.25) is 0 Å². The Labute approximate surface area is 663 Å². The first-order chi connectivity index (χ1) is 52.2. The van der Waals surface area contributed by atoms with Crippen molar-refractivity contribution < 1.29 is 80.2 Å². The highest BCUT2D eigenvalue weighted by Crippen LogP contribution is 2.45. The van der Waals surface area contributed by atoms with Gasteiger partial charge >= 0.3 is 39.5 Å². The number of carbonyl (C=O) groups excluding carboxylic acids is 4. The third-order valence-electron chi connectivity index (χ3n) is 20.3. The summed E-state index contributed by atoms with van der Waals surface area (Å²) in [4.78, 5) is 73.3. The molecule has 0 aliphatic heterocycles. The molecule has 0 spiro atoms. The molecular weight excluding hydrogens is 1400 g/mol. The number of ether oxygens (including phenoxy) is 4. The van der Waals surface area contributed by atoms with Crippen LogP contribution in [0.2, 0.25) is 0 Å². The van der Waals surface area contributed by atoms with Crippen LogP contribution in [0.3, 0.4) is 0 Å². The number of phosphoric ester groups is 2. The molecule has 0 aliphatic rings. The molecule has 0 heterocycles. The predicted octanol–water partition coefficient (Wildman–Crippen LogP) is 26.8. The van der Waals surface area contributed by atoms with Gasteiger partial charge in [-0.2, -0.15) is 0 Å². The number of carbonyl (C=O) groups is 4. The lowest BCUT2D eigenvalue weighted by Gasteiger charge is -2.21. The van der Waals surface area contributed by atoms with Crippen LogP contribution in [0.15, 0.2) is 24.3 Å². The molecule has 19 heteroatoms. The van der Waals surface area contributed by atoms with E-state index in [1.807, 2.05) is 0 Å². The average Bonchev–Trinajstić information content (AvgIpc) is 0.900. The van der Waals surface area contributed by atoms with Crippen LogP contribution >= 0.6 is 15.6 Å². The van der Waals surface area contributed by atoms with E-state index >= 15 is 0 Å². The molecule has 108 heavy (non-hydrogen) atoms. The molecule has 0 saturated carbocycles. The molecule has 0 aromatic carbocycles. The van der Waals surface area contributed by atoms with E-state index in [9.17, 15) is 43.2 Å². The van der Waals surface area contributed by atoms with Crippen molar-refractivity contribution >= 4 is 39.5 Å². The minimum atomic E-state index is -4.97. The lowest BCUT2D eigenvalue weighted by molar-refractivity contribution is -0.161. The highest BCUT2D eigenvalue weighted by Gasteiger charge is 2.30. The first-order valence-corrected chi connectivity index (χ1v) is 48.2. The number of hydrogen-bond acceptors (Lipinski definition) is 15. The van der Waals surface area contributed by atoms with Crippen molar-refractivity contribution in [2.45, 2.75) is 465 Å². The van der Waals surface area contributed by atoms with Crippen molar-refractivity contribution in [1.29, 1.82) is 0 Å². The first kappa shape index (κ1) is 106. The Morgan fingerprint density at radius 2 is 0.500 bits per heavy atom. The topological polar surface area (TPSA) is 237 Å². The molecule has 0 amide bonds. The number of aliphatic hydroxyl groups is 1. The highest BCUT2D eigenvalue weighted by molar-refractivity contribution is 7.47. The van der Waals surface area contributed by atoms with E-state index in [0.717, 1.165) is 127 Å². The summed E-state index contributed by atoms with van der Waals surface area (Å²) in [6, 6.07) is 0. The number of phosphoric acid groups is 2. The molecule has 0 aromatic heterocycles. The number of rotatable bonds is 85. The Morgan fingerprint density at radius 3 is 0.750 bits per heavy atom. The fraction of sp³-hybridized carbons (Fsp3) is 0.910. The normalized spacial score (nSPS) is 14.0. The van der Waals surface area contributed by atoms with Crippen molar-refractivity contribution in [3.8, 4) is 0 Å². The number of unbranched alkanes of at least 4 members (excludes halogenated alkanes) is 50. The molecule has 0 aromatic rings. The Bertz CT molecular complexity index is 2170. The van der Waals surface area contributed by atoms with Crippen LogP contribution in [0.5, 0.6) is 0 Å². The van der Waals surface area contributed by atoms with Gasteiger partial charge in [0, 0.05) is 25.7 Å². The lowest BCUT2D eigenvalue weighted by Crippen LogP contribution is -2.30. The average molecular weight is 1570 g/mol. The summed E-state index contributed by atoms with van der Waals surface area (Å²) in [7, 11) is -9.95. The van der Waals surface area contributed by atoms with Gasteiger partial charge in [-0.1, -0.05) is 394 Å². The Kier molecular flexibility index (Phi) is 76.6. The van der Waals surface area contributed by atoms with E-state index < -0.39 is 97.5 Å². The second-order valence-corrected chi connectivity index (χ2v) is 35.6. The Morgan fingerprint density at radius 1 is 0.287 bits per heavy atom. The van der Waals surface area contributed by atoms with Crippen LogP contribution in [0.1, 0.15) is 447 Å². The zero-order valence-electron chi connectivity index (χ0n) is 70.8. The number of hydrogen-bond donors (Lipinski definition) is 3. The Balaban J connectivity index is 5.26. The zero-order valence-corrected chi connectivity index (χ0v) is 72.6. The molecule has 0 aliphatic carbocycles. The van der Waals surface area contributed by atoms with Crippen LogP contribution in [-0.2, 0) is 65.4 Å². The van der Waals surface area contributed by atoms with Gasteiger partial charge in [0.25, 0.3) is 0 Å². The van der Waals surface area contributed by atoms with Crippen LogP contribution in [0.4, 0.5) is 0 Å². The second kappa shape index (κ2) is 78.4. The molecule has 0 radical (unpaired) electrons. The monoisotopic (exact) mass is 1570 g/mol. The largest absolute Gasteiger partial charge is 0.472 e. The van der Waals surface area contributed by atoms with E-state index in [1.54, 1.807) is 0 Å². The second-order valence-electron chi connectivity index (χ2n) is 32.7. The molecule has 2 unspecified atom stereocenters. The lowest BCUT2D eigenvalue weighted by atomic mass is 10.0. The standard InChI is InChI=1S/C89H170O17P2/c1-8-9-10-11-12-13-14-15-24-32-37-42-51-58-65-72-89(94)106-85(77-100-87(92)71-64-57-50-45-44-48-55-62-69-82(6)7)79-104-108(97,98)102-75-83(90)74-101-107(95,96)103-78-84(105-88(93)73-66-59-52-43-38-33-28-23-19-17-21-26-30-35-40-47-54-61-68-81(4)5)76-99-86(91)70-63-56-49-41-36-31-27-22-18-16-20-25-29-34-39-46-53-60-67-80(2)3/h13-15,24,80-85,90H,8-12,16-23,25-79H2,1-7H3,(H,95,96)(H,97,98)/b14-13-,24-15-/t83-,84-,85-/m1/s1. The number of aliphatic hydroxyl groups excluding tert-OH is 1. The number of allylic oxidation sites excluding steroid dienone is 4. The van der Waals surface area contributed by atoms with Crippen molar-refractivity contribution in [2.75, 3.05) is 39.6 Å². The highest BCUT2D eigenvalue weighted by atomic mass is 31.2. The van der Waals surface area contributed by atoms with E-state index in [0.29, 0.717) is 25.7 Å². The molecule has 0 fully saturated rings. The SMILES string of the molecule is CCCCCC/C=C\C=C/CCCCCCCC(=O)O[C@H](COC(=O)CCCCCCCCCCC(C)C)COP(=O)(O)OC[C@H](O)COP(=O)(O)OC[C@@H](COC(=O)CCCCCCCCCCCCCCCCCCCCC(C)C)OC(=O)CCCCCCCCCCCCCCCCCCCCC(C)C. The molecule has 0 bridgehead atoms. The van der Waals surface area contributed by atoms with Crippen LogP contribution in [0.25, 0.3) is 0 Å². The summed E-state index contributed by atoms with van der Waals surface area (Å²) < 4.78 is 68.9. The molecule has 3 N–H and O–H groups in total. The van der Waals surface area contributed by atoms with Gasteiger partial charge in [0.05, 0.1) is 26.4 Å². The van der Waals surface area contributed by atoms with Gasteiger partial charge in [-0.05, 0) is 69.1 Å². The third kappa shape index (κ3) is 81.6. The van der Waals surface area contributed by atoms with E-state index in [2.05, 4.69) is 72.8 Å². The minimum Gasteiger partial charge on any atom is -0.462 e. The fourth-order valence-electron chi connectivity index (χ4n) is 13.4. The summed E-state index contributed by atoms with van der Waals surface area (Å²) in [5.41, 5.74) is 0. The van der Waals surface area contributed by atoms with E-state index in [4.69, 9.17) is 37.0 Å². The maximum Gasteiger partial charge on any atom is 0.472 e. The molecule has 17 nitrogen and oxygen atoms in total. The summed E-state index contributed by atoms with van der Waals surface area (Å²) in [5.74, 6) is 0.232. The van der Waals surface area contributed by atoms with Gasteiger partial charge in [-0.3, -0.25) is 37.3 Å². The van der Waals surface area contributed by atoms with Crippen molar-refractivity contribution in [3.05, 3.63) is 24.3 Å². The van der Waals surface area contributed by atoms with Crippen molar-refractivity contribution in [1.82, 2.24) is 0 Å². The first-order valence-electron chi connectivity index (χ1n) is 45.2. The summed E-state index contributed by atoms with van der Waals surface area (Å²) in [6.45, 7) is 12.0. The molecular formula is C89H170O17P2. The van der Waals surface area contributed by atoms with Crippen molar-refractivity contribution in [2.24, 2.45) is 17.8 Å². The zero-order chi connectivity index (χ0) is 79.3. The van der Waals surface area contributed by atoms with Gasteiger partial charge in [-0.15, -0.1) is 0 Å². The summed E-state index contributed by atoms with van der Waals surface area (Å²) >= 11 is 0. The van der Waals surface area contributed by atoms with Crippen LogP contribution in [0, 0.1) is 17.8 Å². The van der Waals surface area contributed by atoms with Crippen LogP contribution in [-0.4, -0.2) is 96.7 Å². The Hall–Kier alpha value is -2.46. The fourth-order valence-corrected chi connectivity index (χ4v) is 14.9. The van der Waals surface area contributed by atoms with Gasteiger partial charge < -0.3 is 33.8 Å². The molecule has 5 atom stereocenters. The van der Waals surface area contributed by atoms with Crippen molar-refractivity contribution in [3.63, 3.8) is 0 Å². The number of esters is 4. The van der Waals surface area contributed by atoms with E-state index in [1.165, 1.54) is 238 Å². The van der Waals surface area contributed by atoms with E-state index in [-0.39, 0.29) is 25.7 Å². The molecule has 638 valence electrons. The smallest absolute Gasteiger partial charge is 0.462 e. The summed E-state index contributed by atoms with van der Waals surface area (Å²) in [6.07, 6.45) is 73.2. The molecule has 0 rings (SSSR count). The summed E-state index contributed by atoms with van der Waals surface area (Å²) in [5, 5.41) is 10.7. The predicted molar refractivity (Wildman–Crippen MR) is 446 cm³/mol. The maximum absolute atomic E-state index is 13.2. The van der Waals surface area contributed by atoms with Gasteiger partial charge in [0.15, 0.2) is 12.2 Å². The van der Waals surface area contributed by atoms with Crippen LogP contribution < -0.4 is 0 Å². The van der Waals surface area contributed by atoms with Gasteiger partial charge in [0.1, 0.15) is 19.3 Å². The third-order valence-corrected chi connectivity index (χ3v) is 22.2. The van der Waals surface area contributed by atoms with Gasteiger partial charge in [-0.25, -0.2) is 9.13 Å².